The third-order valence-corrected chi connectivity index (χ3v) is 1.81. The van der Waals surface area contributed by atoms with Gasteiger partial charge in [0.1, 0.15) is 0 Å². The van der Waals surface area contributed by atoms with Gasteiger partial charge in [0.15, 0.2) is 0 Å². The lowest BCUT2D eigenvalue weighted by molar-refractivity contribution is 0.252. The highest BCUT2D eigenvalue weighted by atomic mass is 16.2. The summed E-state index contributed by atoms with van der Waals surface area (Å²) in [5.41, 5.74) is 2.53. The topological polar surface area (TPSA) is 54.0 Å². The van der Waals surface area contributed by atoms with Gasteiger partial charge in [-0.05, 0) is 32.9 Å². The molecule has 0 aromatic carbocycles. The molecule has 0 saturated carbocycles. The summed E-state index contributed by atoms with van der Waals surface area (Å²) in [4.78, 5) is 15.4. The minimum Gasteiger partial charge on any atom is -0.338 e. The van der Waals surface area contributed by atoms with Gasteiger partial charge in [-0.15, -0.1) is 0 Å². The molecule has 1 aromatic rings. The zero-order valence-electron chi connectivity index (χ0n) is 8.72. The van der Waals surface area contributed by atoms with E-state index in [2.05, 4.69) is 15.6 Å². The maximum absolute atomic E-state index is 11.2. The smallest absolute Gasteiger partial charge is 0.319 e. The Bertz CT molecular complexity index is 336. The molecule has 2 amide bonds. The fourth-order valence-electron chi connectivity index (χ4n) is 1.15. The van der Waals surface area contributed by atoms with E-state index in [-0.39, 0.29) is 6.03 Å². The monoisotopic (exact) mass is 193 g/mol. The molecule has 0 aliphatic heterocycles. The highest BCUT2D eigenvalue weighted by Crippen LogP contribution is 2.11. The first-order chi connectivity index (χ1) is 6.63. The fourth-order valence-corrected chi connectivity index (χ4v) is 1.15. The molecule has 0 radical (unpaired) electrons. The van der Waals surface area contributed by atoms with Crippen LogP contribution in [0.25, 0.3) is 0 Å². The molecular formula is C10H15N3O. The third kappa shape index (κ3) is 2.73. The molecule has 0 unspecified atom stereocenters. The summed E-state index contributed by atoms with van der Waals surface area (Å²) in [6.45, 7) is 6.28. The van der Waals surface area contributed by atoms with Crippen molar-refractivity contribution >= 4 is 11.7 Å². The number of amides is 2. The van der Waals surface area contributed by atoms with Crippen molar-refractivity contribution in [3.05, 3.63) is 23.5 Å². The van der Waals surface area contributed by atoms with Crippen LogP contribution in [-0.2, 0) is 0 Å². The van der Waals surface area contributed by atoms with Gasteiger partial charge in [0, 0.05) is 12.2 Å². The van der Waals surface area contributed by atoms with Crippen molar-refractivity contribution in [3.63, 3.8) is 0 Å². The quantitative estimate of drug-likeness (QED) is 0.753. The Morgan fingerprint density at radius 3 is 2.71 bits per heavy atom. The Kier molecular flexibility index (Phi) is 3.45. The van der Waals surface area contributed by atoms with E-state index in [0.717, 1.165) is 17.1 Å². The number of hydrogen-bond donors (Lipinski definition) is 2. The summed E-state index contributed by atoms with van der Waals surface area (Å²) in [6, 6.07) is 3.53. The Hall–Kier alpha value is -1.58. The molecule has 0 saturated heterocycles. The van der Waals surface area contributed by atoms with E-state index in [1.807, 2.05) is 32.9 Å². The predicted molar refractivity (Wildman–Crippen MR) is 56.4 cm³/mol. The molecule has 1 rings (SSSR count). The van der Waals surface area contributed by atoms with Crippen LogP contribution >= 0.6 is 0 Å². The van der Waals surface area contributed by atoms with E-state index in [4.69, 9.17) is 0 Å². The molecule has 4 heteroatoms. The number of carbonyl (C=O) groups excluding carboxylic acids is 1. The number of rotatable bonds is 2. The van der Waals surface area contributed by atoms with Gasteiger partial charge in [0.05, 0.1) is 11.4 Å². The lowest BCUT2D eigenvalue weighted by Gasteiger charge is -2.08. The van der Waals surface area contributed by atoms with E-state index < -0.39 is 0 Å². The normalized spacial score (nSPS) is 9.64. The zero-order valence-corrected chi connectivity index (χ0v) is 8.72. The second kappa shape index (κ2) is 4.60. The van der Waals surface area contributed by atoms with Gasteiger partial charge in [0.2, 0.25) is 0 Å². The van der Waals surface area contributed by atoms with Gasteiger partial charge in [0.25, 0.3) is 0 Å². The lowest BCUT2D eigenvalue weighted by atomic mass is 10.3. The lowest BCUT2D eigenvalue weighted by Crippen LogP contribution is -2.28. The molecular weight excluding hydrogens is 178 g/mol. The van der Waals surface area contributed by atoms with Crippen LogP contribution in [0, 0.1) is 13.8 Å². The fraction of sp³-hybridized carbons (Fsp3) is 0.400. The number of nitrogens with one attached hydrogen (secondary N) is 2. The van der Waals surface area contributed by atoms with Crippen LogP contribution in [0.4, 0.5) is 10.5 Å². The number of nitrogens with zero attached hydrogens (tertiary/aromatic N) is 1. The second-order valence-corrected chi connectivity index (χ2v) is 3.07. The number of anilines is 1. The molecule has 2 N–H and O–H groups in total. The summed E-state index contributed by atoms with van der Waals surface area (Å²) in [6.07, 6.45) is 0. The molecule has 0 spiro atoms. The maximum atomic E-state index is 11.2. The number of hydrogen-bond acceptors (Lipinski definition) is 2. The highest BCUT2D eigenvalue weighted by Gasteiger charge is 2.03. The van der Waals surface area contributed by atoms with Crippen molar-refractivity contribution in [3.8, 4) is 0 Å². The van der Waals surface area contributed by atoms with E-state index in [9.17, 15) is 4.79 Å². The van der Waals surface area contributed by atoms with Crippen LogP contribution in [0.5, 0.6) is 0 Å². The van der Waals surface area contributed by atoms with Crippen molar-refractivity contribution < 1.29 is 4.79 Å². The maximum Gasteiger partial charge on any atom is 0.319 e. The van der Waals surface area contributed by atoms with Gasteiger partial charge in [-0.3, -0.25) is 4.98 Å². The summed E-state index contributed by atoms with van der Waals surface area (Å²) in [5, 5.41) is 5.38. The first kappa shape index (κ1) is 10.5. The number of aryl methyl sites for hydroxylation is 2. The minimum atomic E-state index is -0.193. The van der Waals surface area contributed by atoms with Crippen molar-refractivity contribution in [1.29, 1.82) is 0 Å². The molecule has 0 atom stereocenters. The minimum absolute atomic E-state index is 0.193. The van der Waals surface area contributed by atoms with Crippen molar-refractivity contribution in [2.45, 2.75) is 20.8 Å². The second-order valence-electron chi connectivity index (χ2n) is 3.07. The Balaban J connectivity index is 2.72. The molecule has 76 valence electrons. The summed E-state index contributed by atoms with van der Waals surface area (Å²) in [7, 11) is 0. The molecule has 1 heterocycles. The zero-order chi connectivity index (χ0) is 10.6. The van der Waals surface area contributed by atoms with Gasteiger partial charge in [-0.2, -0.15) is 0 Å². The Labute approximate surface area is 83.7 Å². The average molecular weight is 193 g/mol. The Morgan fingerprint density at radius 1 is 1.43 bits per heavy atom. The largest absolute Gasteiger partial charge is 0.338 e. The van der Waals surface area contributed by atoms with Gasteiger partial charge >= 0.3 is 6.03 Å². The number of aromatic nitrogens is 1. The first-order valence-electron chi connectivity index (χ1n) is 4.62. The van der Waals surface area contributed by atoms with Gasteiger partial charge in [-0.25, -0.2) is 4.79 Å². The van der Waals surface area contributed by atoms with Crippen molar-refractivity contribution in [1.82, 2.24) is 10.3 Å². The van der Waals surface area contributed by atoms with Crippen molar-refractivity contribution in [2.24, 2.45) is 0 Å². The van der Waals surface area contributed by atoms with Crippen LogP contribution in [0.1, 0.15) is 18.3 Å². The van der Waals surface area contributed by atoms with E-state index in [1.54, 1.807) is 0 Å². The number of carbonyl (C=O) groups is 1. The van der Waals surface area contributed by atoms with Gasteiger partial charge < -0.3 is 10.6 Å². The standard InChI is InChI=1S/C10H15N3O/c1-4-11-10(14)13-9-6-5-7(2)12-8(9)3/h5-6H,4H2,1-3H3,(H2,11,13,14). The first-order valence-corrected chi connectivity index (χ1v) is 4.62. The van der Waals surface area contributed by atoms with E-state index >= 15 is 0 Å². The highest BCUT2D eigenvalue weighted by molar-refractivity contribution is 5.89. The molecule has 0 bridgehead atoms. The van der Waals surface area contributed by atoms with Crippen LogP contribution < -0.4 is 10.6 Å². The van der Waals surface area contributed by atoms with Crippen LogP contribution in [0.2, 0.25) is 0 Å². The van der Waals surface area contributed by atoms with Crippen molar-refractivity contribution in [2.75, 3.05) is 11.9 Å². The van der Waals surface area contributed by atoms with Gasteiger partial charge in [-0.1, -0.05) is 0 Å². The summed E-state index contributed by atoms with van der Waals surface area (Å²) < 4.78 is 0. The van der Waals surface area contributed by atoms with E-state index in [1.165, 1.54) is 0 Å². The van der Waals surface area contributed by atoms with Crippen LogP contribution in [0.15, 0.2) is 12.1 Å². The molecule has 0 fully saturated rings. The Morgan fingerprint density at radius 2 is 2.14 bits per heavy atom. The summed E-state index contributed by atoms with van der Waals surface area (Å²) in [5.74, 6) is 0. The molecule has 14 heavy (non-hydrogen) atoms. The molecule has 1 aromatic heterocycles. The van der Waals surface area contributed by atoms with Crippen LogP contribution in [0.3, 0.4) is 0 Å². The summed E-state index contributed by atoms with van der Waals surface area (Å²) >= 11 is 0. The SMILES string of the molecule is CCNC(=O)Nc1ccc(C)nc1C. The van der Waals surface area contributed by atoms with E-state index in [0.29, 0.717) is 6.54 Å². The molecule has 0 aliphatic carbocycles. The predicted octanol–water partition coefficient (Wildman–Crippen LogP) is 1.84. The van der Waals surface area contributed by atoms with Crippen LogP contribution in [-0.4, -0.2) is 17.6 Å². The molecule has 4 nitrogen and oxygen atoms in total. The average Bonchev–Trinajstić information content (AvgIpc) is 2.10. The molecule has 0 aliphatic rings. The number of urea groups is 1. The number of pyridine rings is 1. The third-order valence-electron chi connectivity index (χ3n) is 1.81.